The SMILES string of the molecule is CN1CCN(c2ccc(-c3ccccc3O)cc2N)CC1=O. The first-order chi connectivity index (χ1) is 10.6. The third-order valence-electron chi connectivity index (χ3n) is 4.04. The Kier molecular flexibility index (Phi) is 3.63. The largest absolute Gasteiger partial charge is 0.507 e. The summed E-state index contributed by atoms with van der Waals surface area (Å²) >= 11 is 0. The number of amides is 1. The molecule has 5 nitrogen and oxygen atoms in total. The molecule has 22 heavy (non-hydrogen) atoms. The van der Waals surface area contributed by atoms with Gasteiger partial charge in [0.25, 0.3) is 0 Å². The van der Waals surface area contributed by atoms with Gasteiger partial charge in [-0.2, -0.15) is 0 Å². The first-order valence-electron chi connectivity index (χ1n) is 7.23. The highest BCUT2D eigenvalue weighted by Gasteiger charge is 2.22. The van der Waals surface area contributed by atoms with Gasteiger partial charge in [0.2, 0.25) is 5.91 Å². The number of hydrogen-bond acceptors (Lipinski definition) is 4. The number of aromatic hydroxyl groups is 1. The summed E-state index contributed by atoms with van der Waals surface area (Å²) in [6.45, 7) is 1.80. The molecule has 0 spiro atoms. The lowest BCUT2D eigenvalue weighted by atomic mass is 10.0. The van der Waals surface area contributed by atoms with Gasteiger partial charge in [-0.15, -0.1) is 0 Å². The van der Waals surface area contributed by atoms with E-state index in [9.17, 15) is 9.90 Å². The zero-order valence-electron chi connectivity index (χ0n) is 12.5. The van der Waals surface area contributed by atoms with Crippen molar-refractivity contribution in [2.45, 2.75) is 0 Å². The second-order valence-electron chi connectivity index (χ2n) is 5.53. The number of nitrogen functional groups attached to an aromatic ring is 1. The highest BCUT2D eigenvalue weighted by Crippen LogP contribution is 2.33. The van der Waals surface area contributed by atoms with Gasteiger partial charge in [0.1, 0.15) is 5.75 Å². The van der Waals surface area contributed by atoms with Crippen molar-refractivity contribution in [3.63, 3.8) is 0 Å². The number of nitrogens with zero attached hydrogens (tertiary/aromatic N) is 2. The molecule has 3 N–H and O–H groups in total. The van der Waals surface area contributed by atoms with Crippen molar-refractivity contribution < 1.29 is 9.90 Å². The smallest absolute Gasteiger partial charge is 0.241 e. The molecule has 2 aromatic carbocycles. The number of piperazine rings is 1. The lowest BCUT2D eigenvalue weighted by Crippen LogP contribution is -2.48. The molecule has 1 heterocycles. The molecule has 0 bridgehead atoms. The minimum atomic E-state index is 0.0930. The summed E-state index contributed by atoms with van der Waals surface area (Å²) in [5, 5.41) is 9.94. The van der Waals surface area contributed by atoms with Crippen LogP contribution in [-0.2, 0) is 4.79 Å². The van der Waals surface area contributed by atoms with Crippen LogP contribution in [0.3, 0.4) is 0 Å². The van der Waals surface area contributed by atoms with Crippen LogP contribution in [0.4, 0.5) is 11.4 Å². The number of hydrogen-bond donors (Lipinski definition) is 2. The zero-order chi connectivity index (χ0) is 15.7. The average Bonchev–Trinajstić information content (AvgIpc) is 2.50. The second kappa shape index (κ2) is 5.60. The molecule has 1 saturated heterocycles. The molecule has 0 radical (unpaired) electrons. The molecule has 0 atom stereocenters. The van der Waals surface area contributed by atoms with Gasteiger partial charge < -0.3 is 20.6 Å². The van der Waals surface area contributed by atoms with E-state index in [1.54, 1.807) is 17.0 Å². The molecule has 0 unspecified atom stereocenters. The van der Waals surface area contributed by atoms with Crippen molar-refractivity contribution in [2.75, 3.05) is 37.3 Å². The quantitative estimate of drug-likeness (QED) is 0.831. The number of nitrogens with two attached hydrogens (primary N) is 1. The molecule has 1 aliphatic rings. The van der Waals surface area contributed by atoms with Crippen LogP contribution in [0, 0.1) is 0 Å². The molecule has 2 aromatic rings. The Labute approximate surface area is 129 Å². The average molecular weight is 297 g/mol. The summed E-state index contributed by atoms with van der Waals surface area (Å²) in [4.78, 5) is 15.6. The van der Waals surface area contributed by atoms with E-state index < -0.39 is 0 Å². The van der Waals surface area contributed by atoms with Crippen LogP contribution in [0.5, 0.6) is 5.75 Å². The Morgan fingerprint density at radius 1 is 1.14 bits per heavy atom. The summed E-state index contributed by atoms with van der Waals surface area (Å²) in [5.41, 5.74) is 9.25. The number of likely N-dealkylation sites (N-methyl/N-ethyl adjacent to an activating group) is 1. The van der Waals surface area contributed by atoms with Gasteiger partial charge in [-0.1, -0.05) is 24.3 Å². The van der Waals surface area contributed by atoms with Crippen molar-refractivity contribution >= 4 is 17.3 Å². The Hall–Kier alpha value is -2.69. The van der Waals surface area contributed by atoms with Crippen LogP contribution in [0.2, 0.25) is 0 Å². The number of carbonyl (C=O) groups excluding carboxylic acids is 1. The van der Waals surface area contributed by atoms with E-state index in [2.05, 4.69) is 0 Å². The molecular weight excluding hydrogens is 278 g/mol. The van der Waals surface area contributed by atoms with E-state index >= 15 is 0 Å². The lowest BCUT2D eigenvalue weighted by Gasteiger charge is -2.34. The number of benzene rings is 2. The van der Waals surface area contributed by atoms with Gasteiger partial charge in [-0.25, -0.2) is 0 Å². The third kappa shape index (κ3) is 2.57. The van der Waals surface area contributed by atoms with Crippen molar-refractivity contribution in [2.24, 2.45) is 0 Å². The number of phenolic OH excluding ortho intramolecular Hbond substituents is 1. The van der Waals surface area contributed by atoms with Crippen molar-refractivity contribution in [3.8, 4) is 16.9 Å². The summed E-state index contributed by atoms with van der Waals surface area (Å²) < 4.78 is 0. The van der Waals surface area contributed by atoms with E-state index in [4.69, 9.17) is 5.73 Å². The van der Waals surface area contributed by atoms with Crippen LogP contribution >= 0.6 is 0 Å². The van der Waals surface area contributed by atoms with Crippen LogP contribution < -0.4 is 10.6 Å². The van der Waals surface area contributed by atoms with E-state index in [0.717, 1.165) is 23.4 Å². The monoisotopic (exact) mass is 297 g/mol. The van der Waals surface area contributed by atoms with E-state index in [0.29, 0.717) is 18.8 Å². The maximum atomic E-state index is 11.8. The highest BCUT2D eigenvalue weighted by molar-refractivity contribution is 5.86. The second-order valence-corrected chi connectivity index (χ2v) is 5.53. The first kappa shape index (κ1) is 14.3. The summed E-state index contributed by atoms with van der Waals surface area (Å²) in [5.74, 6) is 0.319. The first-order valence-corrected chi connectivity index (χ1v) is 7.23. The lowest BCUT2D eigenvalue weighted by molar-refractivity contribution is -0.129. The van der Waals surface area contributed by atoms with Crippen molar-refractivity contribution in [1.82, 2.24) is 4.90 Å². The number of para-hydroxylation sites is 1. The molecule has 5 heteroatoms. The fourth-order valence-corrected chi connectivity index (χ4v) is 2.69. The van der Waals surface area contributed by atoms with Crippen molar-refractivity contribution in [3.05, 3.63) is 42.5 Å². The van der Waals surface area contributed by atoms with Gasteiger partial charge in [-0.3, -0.25) is 4.79 Å². The predicted octanol–water partition coefficient (Wildman–Crippen LogP) is 1.92. The Balaban J connectivity index is 1.90. The molecule has 3 rings (SSSR count). The molecule has 114 valence electrons. The van der Waals surface area contributed by atoms with E-state index in [1.165, 1.54) is 0 Å². The minimum Gasteiger partial charge on any atom is -0.507 e. The van der Waals surface area contributed by atoms with Crippen molar-refractivity contribution in [1.29, 1.82) is 0 Å². The maximum absolute atomic E-state index is 11.8. The van der Waals surface area contributed by atoms with E-state index in [-0.39, 0.29) is 11.7 Å². The Bertz CT molecular complexity index is 715. The molecule has 0 aliphatic carbocycles. The van der Waals surface area contributed by atoms with Crippen LogP contribution in [-0.4, -0.2) is 42.6 Å². The highest BCUT2D eigenvalue weighted by atomic mass is 16.3. The Morgan fingerprint density at radius 3 is 2.59 bits per heavy atom. The fourth-order valence-electron chi connectivity index (χ4n) is 2.69. The maximum Gasteiger partial charge on any atom is 0.241 e. The summed E-state index contributed by atoms with van der Waals surface area (Å²) in [7, 11) is 1.81. The van der Waals surface area contributed by atoms with Gasteiger partial charge in [0.05, 0.1) is 17.9 Å². The summed E-state index contributed by atoms with van der Waals surface area (Å²) in [6, 6.07) is 12.8. The molecule has 1 fully saturated rings. The molecule has 0 aromatic heterocycles. The zero-order valence-corrected chi connectivity index (χ0v) is 12.5. The van der Waals surface area contributed by atoms with Crippen LogP contribution in [0.1, 0.15) is 0 Å². The van der Waals surface area contributed by atoms with Crippen LogP contribution in [0.15, 0.2) is 42.5 Å². The standard InChI is InChI=1S/C17H19N3O2/c1-19-8-9-20(11-17(19)22)15-7-6-12(10-14(15)18)13-4-2-3-5-16(13)21/h2-7,10,21H,8-9,11,18H2,1H3. The molecule has 0 saturated carbocycles. The van der Waals surface area contributed by atoms with Gasteiger partial charge in [0.15, 0.2) is 0 Å². The van der Waals surface area contributed by atoms with Gasteiger partial charge in [-0.05, 0) is 23.8 Å². The fraction of sp³-hybridized carbons (Fsp3) is 0.235. The van der Waals surface area contributed by atoms with Gasteiger partial charge in [0, 0.05) is 25.7 Å². The normalized spacial score (nSPS) is 15.2. The van der Waals surface area contributed by atoms with E-state index in [1.807, 2.05) is 42.3 Å². The predicted molar refractivity (Wildman–Crippen MR) is 87.8 cm³/mol. The minimum absolute atomic E-state index is 0.0930. The molecule has 1 amide bonds. The van der Waals surface area contributed by atoms with Gasteiger partial charge >= 0.3 is 0 Å². The number of carbonyl (C=O) groups is 1. The number of phenols is 1. The number of anilines is 2. The molecule has 1 aliphatic heterocycles. The topological polar surface area (TPSA) is 69.8 Å². The Morgan fingerprint density at radius 2 is 1.91 bits per heavy atom. The number of rotatable bonds is 2. The summed E-state index contributed by atoms with van der Waals surface area (Å²) in [6.07, 6.45) is 0. The molecular formula is C17H19N3O2. The van der Waals surface area contributed by atoms with Crippen LogP contribution in [0.25, 0.3) is 11.1 Å². The third-order valence-corrected chi connectivity index (χ3v) is 4.04.